The fourth-order valence-corrected chi connectivity index (χ4v) is 3.21. The van der Waals surface area contributed by atoms with Crippen molar-refractivity contribution in [2.45, 2.75) is 5.75 Å². The van der Waals surface area contributed by atoms with Gasteiger partial charge in [0.05, 0.1) is 45.0 Å². The van der Waals surface area contributed by atoms with Gasteiger partial charge in [-0.25, -0.2) is 0 Å². The monoisotopic (exact) mass is 362 g/mol. The maximum absolute atomic E-state index is 12.3. The zero-order valence-electron chi connectivity index (χ0n) is 14.8. The van der Waals surface area contributed by atoms with Gasteiger partial charge < -0.3 is 18.9 Å². The van der Waals surface area contributed by atoms with E-state index in [4.69, 9.17) is 18.9 Å². The van der Waals surface area contributed by atoms with Crippen molar-refractivity contribution in [1.82, 2.24) is 0 Å². The van der Waals surface area contributed by atoms with Gasteiger partial charge in [0.1, 0.15) is 5.75 Å². The molecule has 0 spiro atoms. The molecule has 2 aromatic rings. The highest BCUT2D eigenvalue weighted by molar-refractivity contribution is 7.87. The van der Waals surface area contributed by atoms with E-state index < -0.39 is 10.8 Å². The normalized spacial score (nSPS) is 12.0. The van der Waals surface area contributed by atoms with Crippen LogP contribution in [0, 0.1) is 0 Å². The molecule has 1 unspecified atom stereocenters. The summed E-state index contributed by atoms with van der Waals surface area (Å²) in [6.45, 7) is 0. The smallest absolute Gasteiger partial charge is 0.203 e. The number of ether oxygens (including phenoxy) is 4. The molecular weight excluding hydrogens is 340 g/mol. The number of methoxy groups -OCH3 is 4. The number of hydrogen-bond donors (Lipinski definition) is 0. The second-order valence-electron chi connectivity index (χ2n) is 5.13. The average molecular weight is 362 g/mol. The zero-order chi connectivity index (χ0) is 18.2. The van der Waals surface area contributed by atoms with E-state index in [0.29, 0.717) is 23.0 Å². The second kappa shape index (κ2) is 9.13. The highest BCUT2D eigenvalue weighted by Gasteiger charge is 2.12. The minimum atomic E-state index is -1.14. The Morgan fingerprint density at radius 1 is 0.880 bits per heavy atom. The van der Waals surface area contributed by atoms with E-state index >= 15 is 0 Å². The van der Waals surface area contributed by atoms with E-state index in [2.05, 4.69) is 0 Å². The summed E-state index contributed by atoms with van der Waals surface area (Å²) in [6.07, 6.45) is 1.78. The summed E-state index contributed by atoms with van der Waals surface area (Å²) in [7, 11) is 5.16. The number of hydrogen-bond acceptors (Lipinski definition) is 5. The second-order valence-corrected chi connectivity index (χ2v) is 6.46. The summed E-state index contributed by atoms with van der Waals surface area (Å²) >= 11 is 0. The van der Waals surface area contributed by atoms with Crippen LogP contribution < -0.4 is 18.9 Å². The molecule has 0 aliphatic rings. The van der Waals surface area contributed by atoms with Crippen LogP contribution in [0.1, 0.15) is 11.1 Å². The molecule has 0 saturated carbocycles. The van der Waals surface area contributed by atoms with Crippen LogP contribution in [0.25, 0.3) is 6.08 Å². The highest BCUT2D eigenvalue weighted by Crippen LogP contribution is 2.38. The fourth-order valence-electron chi connectivity index (χ4n) is 2.29. The Morgan fingerprint density at radius 3 is 1.96 bits per heavy atom. The predicted molar refractivity (Wildman–Crippen MR) is 100.0 cm³/mol. The Labute approximate surface area is 150 Å². The van der Waals surface area contributed by atoms with Crippen molar-refractivity contribution in [3.63, 3.8) is 0 Å². The topological polar surface area (TPSA) is 54.0 Å². The van der Waals surface area contributed by atoms with Crippen molar-refractivity contribution in [3.8, 4) is 23.0 Å². The van der Waals surface area contributed by atoms with Crippen molar-refractivity contribution < 1.29 is 23.2 Å². The van der Waals surface area contributed by atoms with Crippen molar-refractivity contribution in [2.75, 3.05) is 28.4 Å². The lowest BCUT2D eigenvalue weighted by Gasteiger charge is -2.12. The molecule has 5 nitrogen and oxygen atoms in total. The molecule has 0 radical (unpaired) electrons. The predicted octanol–water partition coefficient (Wildman–Crippen LogP) is 3.64. The summed E-state index contributed by atoms with van der Waals surface area (Å²) in [5.41, 5.74) is 1.80. The molecule has 6 heteroatoms. The van der Waals surface area contributed by atoms with Crippen LogP contribution in [-0.4, -0.2) is 32.6 Å². The van der Waals surface area contributed by atoms with Crippen LogP contribution in [0.15, 0.2) is 41.8 Å². The molecule has 0 aromatic heterocycles. The first kappa shape index (κ1) is 18.9. The van der Waals surface area contributed by atoms with Crippen molar-refractivity contribution in [2.24, 2.45) is 0 Å². The Balaban J connectivity index is 2.13. The molecule has 0 bridgehead atoms. The molecule has 0 fully saturated rings. The molecule has 134 valence electrons. The molecular formula is C19H22O5S. The Kier molecular flexibility index (Phi) is 6.89. The van der Waals surface area contributed by atoms with Crippen molar-refractivity contribution in [3.05, 3.63) is 52.9 Å². The maximum atomic E-state index is 12.3. The first-order valence-electron chi connectivity index (χ1n) is 7.59. The summed E-state index contributed by atoms with van der Waals surface area (Å²) < 4.78 is 33.3. The molecule has 1 atom stereocenters. The third kappa shape index (κ3) is 5.00. The molecule has 0 saturated heterocycles. The van der Waals surface area contributed by atoms with Crippen molar-refractivity contribution in [1.29, 1.82) is 0 Å². The van der Waals surface area contributed by atoms with E-state index in [-0.39, 0.29) is 0 Å². The van der Waals surface area contributed by atoms with Gasteiger partial charge in [0.15, 0.2) is 11.5 Å². The van der Waals surface area contributed by atoms with E-state index in [1.807, 2.05) is 36.4 Å². The van der Waals surface area contributed by atoms with E-state index in [9.17, 15) is 4.21 Å². The van der Waals surface area contributed by atoms with E-state index in [1.54, 1.807) is 39.9 Å². The van der Waals surface area contributed by atoms with Gasteiger partial charge in [-0.15, -0.1) is 0 Å². The first-order chi connectivity index (χ1) is 12.1. The Morgan fingerprint density at radius 2 is 1.48 bits per heavy atom. The van der Waals surface area contributed by atoms with Crippen LogP contribution in [0.2, 0.25) is 0 Å². The first-order valence-corrected chi connectivity index (χ1v) is 8.97. The number of benzene rings is 2. The van der Waals surface area contributed by atoms with Crippen LogP contribution in [0.4, 0.5) is 0 Å². The maximum Gasteiger partial charge on any atom is 0.203 e. The minimum Gasteiger partial charge on any atom is -0.497 e. The Bertz CT molecular complexity index is 728. The molecule has 0 heterocycles. The lowest BCUT2D eigenvalue weighted by atomic mass is 10.2. The van der Waals surface area contributed by atoms with E-state index in [1.165, 1.54) is 0 Å². The largest absolute Gasteiger partial charge is 0.497 e. The highest BCUT2D eigenvalue weighted by atomic mass is 32.2. The minimum absolute atomic E-state index is 0.435. The van der Waals surface area contributed by atoms with Gasteiger partial charge >= 0.3 is 0 Å². The molecule has 25 heavy (non-hydrogen) atoms. The molecule has 2 rings (SSSR count). The zero-order valence-corrected chi connectivity index (χ0v) is 15.6. The van der Waals surface area contributed by atoms with Gasteiger partial charge in [-0.05, 0) is 41.5 Å². The third-order valence-corrected chi connectivity index (χ3v) is 4.62. The molecule has 0 aliphatic carbocycles. The van der Waals surface area contributed by atoms with Gasteiger partial charge in [-0.3, -0.25) is 4.21 Å². The standard InChI is InChI=1S/C19H22O5S/c1-21-16-7-5-14(6-8-16)13-25(20)10-9-15-11-17(22-2)19(24-4)18(12-15)23-3/h5-12H,13H2,1-4H3. The lowest BCUT2D eigenvalue weighted by molar-refractivity contribution is 0.324. The molecule has 0 aliphatic heterocycles. The Hall–Kier alpha value is -2.47. The van der Waals surface area contributed by atoms with Crippen LogP contribution in [-0.2, 0) is 16.6 Å². The van der Waals surface area contributed by atoms with Crippen LogP contribution >= 0.6 is 0 Å². The van der Waals surface area contributed by atoms with Crippen molar-refractivity contribution >= 4 is 16.9 Å². The fraction of sp³-hybridized carbons (Fsp3) is 0.263. The lowest BCUT2D eigenvalue weighted by Crippen LogP contribution is -1.96. The van der Waals surface area contributed by atoms with Gasteiger partial charge in [-0.2, -0.15) is 0 Å². The van der Waals surface area contributed by atoms with Crippen LogP contribution in [0.5, 0.6) is 23.0 Å². The summed E-state index contributed by atoms with van der Waals surface area (Å²) in [5, 5.41) is 1.66. The van der Waals surface area contributed by atoms with E-state index in [0.717, 1.165) is 16.9 Å². The number of rotatable bonds is 8. The molecule has 2 aromatic carbocycles. The molecule has 0 N–H and O–H groups in total. The molecule has 0 amide bonds. The SMILES string of the molecule is COc1ccc(CS(=O)C=Cc2cc(OC)c(OC)c(OC)c2)cc1. The van der Waals surface area contributed by atoms with Gasteiger partial charge in [0, 0.05) is 5.41 Å². The summed E-state index contributed by atoms with van der Waals surface area (Å²) in [6, 6.07) is 11.1. The third-order valence-electron chi connectivity index (χ3n) is 3.57. The summed E-state index contributed by atoms with van der Waals surface area (Å²) in [4.78, 5) is 0. The average Bonchev–Trinajstić information content (AvgIpc) is 2.65. The van der Waals surface area contributed by atoms with Gasteiger partial charge in [0.25, 0.3) is 0 Å². The summed E-state index contributed by atoms with van der Waals surface area (Å²) in [5.74, 6) is 2.86. The quantitative estimate of drug-likeness (QED) is 0.718. The van der Waals surface area contributed by atoms with Gasteiger partial charge in [0.2, 0.25) is 5.75 Å². The van der Waals surface area contributed by atoms with Gasteiger partial charge in [-0.1, -0.05) is 12.1 Å². The van der Waals surface area contributed by atoms with Crippen LogP contribution in [0.3, 0.4) is 0 Å².